The molecule has 0 aromatic carbocycles. The fourth-order valence-electron chi connectivity index (χ4n) is 0.961. The number of carbonyl (C=O) groups is 4. The molecule has 3 atom stereocenters. The molecule has 0 aliphatic heterocycles. The van der Waals surface area contributed by atoms with Crippen molar-refractivity contribution in [2.75, 3.05) is 6.61 Å². The van der Waals surface area contributed by atoms with Crippen LogP contribution < -0.4 is 5.32 Å². The van der Waals surface area contributed by atoms with Gasteiger partial charge in [-0.05, 0) is 0 Å². The highest BCUT2D eigenvalue weighted by Gasteiger charge is 2.34. The van der Waals surface area contributed by atoms with Gasteiger partial charge < -0.3 is 24.8 Å². The minimum Gasteiger partial charge on any atom is -0.480 e. The van der Waals surface area contributed by atoms with Gasteiger partial charge in [0.2, 0.25) is 0 Å². The molecule has 4 N–H and O–H groups in total. The molecule has 18 heavy (non-hydrogen) atoms. The van der Waals surface area contributed by atoms with Crippen LogP contribution in [-0.2, 0) is 28.7 Å². The summed E-state index contributed by atoms with van der Waals surface area (Å²) < 4.78 is 8.53. The Morgan fingerprint density at radius 1 is 1.17 bits per heavy atom. The number of aliphatic carboxylic acids is 2. The van der Waals surface area contributed by atoms with Gasteiger partial charge in [0, 0.05) is 0 Å². The Bertz CT molecular complexity index is 318. The van der Waals surface area contributed by atoms with E-state index >= 15 is 0 Å². The van der Waals surface area contributed by atoms with Crippen LogP contribution in [0.15, 0.2) is 0 Å². The Morgan fingerprint density at radius 2 is 1.78 bits per heavy atom. The number of carbonyl (C=O) groups excluding carboxylic acids is 2. The minimum absolute atomic E-state index is 0.0201. The predicted molar refractivity (Wildman–Crippen MR) is 51.2 cm³/mol. The maximum Gasteiger partial charge on any atom is 0.334 e. The summed E-state index contributed by atoms with van der Waals surface area (Å²) in [5.74, 6) is -3.47. The van der Waals surface area contributed by atoms with E-state index in [-0.39, 0.29) is 12.9 Å². The summed E-state index contributed by atoms with van der Waals surface area (Å²) >= 11 is 0. The van der Waals surface area contributed by atoms with Crippen LogP contribution in [-0.4, -0.2) is 65.2 Å². The third-order valence-electron chi connectivity index (χ3n) is 1.74. The molecular weight excluding hydrogens is 254 g/mol. The van der Waals surface area contributed by atoms with Crippen LogP contribution in [0, 0.1) is 0 Å². The third kappa shape index (κ3) is 5.23. The SMILES string of the molecule is O=COCC(NC(C(=O)O)C(O)C(=O)O)OC=O. The van der Waals surface area contributed by atoms with Crippen LogP contribution in [0.25, 0.3) is 0 Å². The van der Waals surface area contributed by atoms with Crippen molar-refractivity contribution in [2.24, 2.45) is 0 Å². The first-order valence-electron chi connectivity index (χ1n) is 4.48. The zero-order valence-corrected chi connectivity index (χ0v) is 8.88. The molecule has 0 radical (unpaired) electrons. The van der Waals surface area contributed by atoms with E-state index in [1.165, 1.54) is 0 Å². The molecule has 0 fully saturated rings. The van der Waals surface area contributed by atoms with Gasteiger partial charge in [-0.25, -0.2) is 4.79 Å². The smallest absolute Gasteiger partial charge is 0.334 e. The Balaban J connectivity index is 4.69. The molecule has 0 heterocycles. The van der Waals surface area contributed by atoms with Crippen molar-refractivity contribution in [2.45, 2.75) is 18.4 Å². The number of nitrogens with one attached hydrogen (secondary N) is 1. The fourth-order valence-corrected chi connectivity index (χ4v) is 0.961. The van der Waals surface area contributed by atoms with Gasteiger partial charge in [-0.1, -0.05) is 0 Å². The molecule has 0 aromatic rings. The first-order valence-corrected chi connectivity index (χ1v) is 4.48. The number of carboxylic acid groups (broad SMARTS) is 2. The first kappa shape index (κ1) is 15.8. The van der Waals surface area contributed by atoms with Gasteiger partial charge in [0.1, 0.15) is 12.6 Å². The van der Waals surface area contributed by atoms with Gasteiger partial charge >= 0.3 is 11.9 Å². The fraction of sp³-hybridized carbons (Fsp3) is 0.500. The molecule has 0 rings (SSSR count). The molecule has 0 saturated carbocycles. The monoisotopic (exact) mass is 265 g/mol. The topological polar surface area (TPSA) is 159 Å². The van der Waals surface area contributed by atoms with E-state index in [2.05, 4.69) is 9.47 Å². The number of aliphatic hydroxyl groups excluding tert-OH is 1. The van der Waals surface area contributed by atoms with Crippen molar-refractivity contribution in [1.29, 1.82) is 0 Å². The molecule has 0 aliphatic rings. The molecule has 0 amide bonds. The lowest BCUT2D eigenvalue weighted by molar-refractivity contribution is -0.160. The zero-order chi connectivity index (χ0) is 14.1. The van der Waals surface area contributed by atoms with Crippen LogP contribution in [0.5, 0.6) is 0 Å². The van der Waals surface area contributed by atoms with E-state index in [0.29, 0.717) is 0 Å². The molecule has 0 aromatic heterocycles. The quantitative estimate of drug-likeness (QED) is 0.239. The van der Waals surface area contributed by atoms with E-state index in [1.807, 2.05) is 5.32 Å². The highest BCUT2D eigenvalue weighted by Crippen LogP contribution is 1.99. The van der Waals surface area contributed by atoms with E-state index in [1.54, 1.807) is 0 Å². The number of hydrogen-bond donors (Lipinski definition) is 4. The lowest BCUT2D eigenvalue weighted by atomic mass is 10.1. The number of carboxylic acids is 2. The highest BCUT2D eigenvalue weighted by atomic mass is 16.6. The Morgan fingerprint density at radius 3 is 2.17 bits per heavy atom. The van der Waals surface area contributed by atoms with Crippen molar-refractivity contribution in [3.05, 3.63) is 0 Å². The molecule has 102 valence electrons. The minimum atomic E-state index is -2.27. The average Bonchev–Trinajstić information content (AvgIpc) is 2.31. The molecule has 0 aliphatic carbocycles. The third-order valence-corrected chi connectivity index (χ3v) is 1.74. The number of ether oxygens (including phenoxy) is 2. The Labute approximate surface area is 100 Å². The van der Waals surface area contributed by atoms with E-state index in [4.69, 9.17) is 15.3 Å². The van der Waals surface area contributed by atoms with Gasteiger partial charge in [0.15, 0.2) is 12.3 Å². The second-order valence-electron chi connectivity index (χ2n) is 2.92. The van der Waals surface area contributed by atoms with E-state index in [0.717, 1.165) is 0 Å². The standard InChI is InChI=1S/C8H11NO9/c10-2-17-1-4(18-3-11)9-5(7(13)14)6(12)8(15)16/h2-6,9,12H,1H2,(H,13,14)(H,15,16). The number of hydrogen-bond acceptors (Lipinski definition) is 8. The van der Waals surface area contributed by atoms with Crippen LogP contribution in [0.4, 0.5) is 0 Å². The van der Waals surface area contributed by atoms with E-state index < -0.39 is 36.9 Å². The van der Waals surface area contributed by atoms with Crippen LogP contribution in [0.3, 0.4) is 0 Å². The van der Waals surface area contributed by atoms with Crippen molar-refractivity contribution < 1.29 is 44.0 Å². The largest absolute Gasteiger partial charge is 0.480 e. The lowest BCUT2D eigenvalue weighted by Crippen LogP contribution is -2.54. The molecular formula is C8H11NO9. The first-order chi connectivity index (χ1) is 8.43. The summed E-state index contributed by atoms with van der Waals surface area (Å²) in [6.45, 7) is -0.581. The predicted octanol–water partition coefficient (Wildman–Crippen LogP) is -2.85. The van der Waals surface area contributed by atoms with Crippen LogP contribution >= 0.6 is 0 Å². The zero-order valence-electron chi connectivity index (χ0n) is 8.88. The Kier molecular flexibility index (Phi) is 7.00. The molecule has 0 saturated heterocycles. The van der Waals surface area contributed by atoms with Crippen molar-refractivity contribution in [1.82, 2.24) is 5.32 Å². The second-order valence-corrected chi connectivity index (χ2v) is 2.92. The summed E-state index contributed by atoms with van der Waals surface area (Å²) in [5, 5.41) is 28.3. The summed E-state index contributed by atoms with van der Waals surface area (Å²) in [6, 6.07) is -1.94. The second kappa shape index (κ2) is 7.97. The summed E-state index contributed by atoms with van der Waals surface area (Å²) in [5.41, 5.74) is 0. The summed E-state index contributed by atoms with van der Waals surface area (Å²) in [7, 11) is 0. The number of rotatable bonds is 10. The van der Waals surface area contributed by atoms with Gasteiger partial charge in [-0.15, -0.1) is 0 Å². The van der Waals surface area contributed by atoms with Crippen molar-refractivity contribution >= 4 is 24.9 Å². The summed E-state index contributed by atoms with van der Waals surface area (Å²) in [6.07, 6.45) is -3.67. The normalized spacial score (nSPS) is 14.9. The van der Waals surface area contributed by atoms with Gasteiger partial charge in [-0.2, -0.15) is 0 Å². The van der Waals surface area contributed by atoms with Gasteiger partial charge in [0.25, 0.3) is 12.9 Å². The highest BCUT2D eigenvalue weighted by molar-refractivity contribution is 5.84. The molecule has 0 spiro atoms. The van der Waals surface area contributed by atoms with Gasteiger partial charge in [-0.3, -0.25) is 19.7 Å². The van der Waals surface area contributed by atoms with Crippen LogP contribution in [0.2, 0.25) is 0 Å². The lowest BCUT2D eigenvalue weighted by Gasteiger charge is -2.22. The van der Waals surface area contributed by atoms with Gasteiger partial charge in [0.05, 0.1) is 0 Å². The Hall–Kier alpha value is -2.20. The molecule has 0 bridgehead atoms. The summed E-state index contributed by atoms with van der Waals surface area (Å²) in [4.78, 5) is 41.2. The average molecular weight is 265 g/mol. The maximum atomic E-state index is 10.7. The van der Waals surface area contributed by atoms with Crippen LogP contribution in [0.1, 0.15) is 0 Å². The van der Waals surface area contributed by atoms with Crippen molar-refractivity contribution in [3.63, 3.8) is 0 Å². The molecule has 3 unspecified atom stereocenters. The van der Waals surface area contributed by atoms with Crippen molar-refractivity contribution in [3.8, 4) is 0 Å². The maximum absolute atomic E-state index is 10.7. The van der Waals surface area contributed by atoms with E-state index in [9.17, 15) is 19.2 Å². The number of aliphatic hydroxyl groups is 1. The molecule has 10 heteroatoms. The molecule has 10 nitrogen and oxygen atoms in total.